The largest absolute Gasteiger partial charge is 0.360 e. The van der Waals surface area contributed by atoms with Gasteiger partial charge in [0.05, 0.1) is 16.8 Å². The molecule has 1 amide bonds. The summed E-state index contributed by atoms with van der Waals surface area (Å²) >= 11 is 3.58. The Morgan fingerprint density at radius 3 is 2.42 bits per heavy atom. The molecule has 4 N–H and O–H groups in total. The lowest BCUT2D eigenvalue weighted by atomic mass is 9.98. The number of halogens is 1. The highest BCUT2D eigenvalue weighted by atomic mass is 79.9. The molecule has 4 aromatic carbocycles. The predicted octanol–water partition coefficient (Wildman–Crippen LogP) is 7.20. The fraction of sp³-hybridized carbons (Fsp3) is 0.0625. The van der Waals surface area contributed by atoms with Crippen LogP contribution in [-0.4, -0.2) is 15.9 Å². The maximum atomic E-state index is 13.7. The second-order valence-corrected chi connectivity index (χ2v) is 10.2. The highest BCUT2D eigenvalue weighted by molar-refractivity contribution is 9.10. The molecule has 0 aliphatic carbocycles. The summed E-state index contributed by atoms with van der Waals surface area (Å²) in [6, 6.07) is 32.2. The van der Waals surface area contributed by atoms with Crippen LogP contribution in [0.25, 0.3) is 44.2 Å². The summed E-state index contributed by atoms with van der Waals surface area (Å²) in [7, 11) is 0. The molecule has 0 saturated heterocycles. The van der Waals surface area contributed by atoms with Crippen LogP contribution in [0.3, 0.4) is 0 Å². The third-order valence-electron chi connectivity index (χ3n) is 6.79. The van der Waals surface area contributed by atoms with Crippen molar-refractivity contribution in [2.24, 2.45) is 5.73 Å². The van der Waals surface area contributed by atoms with Gasteiger partial charge in [-0.25, -0.2) is 4.98 Å². The zero-order valence-electron chi connectivity index (χ0n) is 20.5. The quantitative estimate of drug-likeness (QED) is 0.201. The smallest absolute Gasteiger partial charge is 0.252 e. The molecule has 0 aliphatic heterocycles. The Hall–Kier alpha value is -4.26. The number of rotatable bonds is 6. The summed E-state index contributed by atoms with van der Waals surface area (Å²) in [5.41, 5.74) is 14.0. The Kier molecular flexibility index (Phi) is 6.50. The number of nitrogens with one attached hydrogen (secondary N) is 2. The van der Waals surface area contributed by atoms with Gasteiger partial charge in [-0.2, -0.15) is 0 Å². The lowest BCUT2D eigenvalue weighted by Gasteiger charge is -2.12. The van der Waals surface area contributed by atoms with Crippen LogP contribution in [0.4, 0.5) is 0 Å². The highest BCUT2D eigenvalue weighted by Gasteiger charge is 2.17. The number of carbonyl (C=O) groups excluding carboxylic acids is 1. The van der Waals surface area contributed by atoms with Crippen molar-refractivity contribution >= 4 is 43.6 Å². The molecule has 0 aliphatic rings. The average molecular weight is 561 g/mol. The van der Waals surface area contributed by atoms with Crippen LogP contribution < -0.4 is 11.1 Å². The Labute approximate surface area is 228 Å². The minimum absolute atomic E-state index is 0.146. The van der Waals surface area contributed by atoms with E-state index in [2.05, 4.69) is 56.6 Å². The van der Waals surface area contributed by atoms with E-state index in [0.29, 0.717) is 18.7 Å². The van der Waals surface area contributed by atoms with E-state index in [1.165, 1.54) is 0 Å². The van der Waals surface area contributed by atoms with Crippen LogP contribution in [0.15, 0.2) is 108 Å². The number of hydrogen-bond donors (Lipinski definition) is 3. The number of hydrogen-bond acceptors (Lipinski definition) is 3. The Bertz CT molecular complexity index is 1780. The van der Waals surface area contributed by atoms with Gasteiger partial charge in [0.2, 0.25) is 0 Å². The summed E-state index contributed by atoms with van der Waals surface area (Å²) < 4.78 is 0.984. The Morgan fingerprint density at radius 1 is 0.842 bits per heavy atom. The number of pyridine rings is 1. The Morgan fingerprint density at radius 2 is 1.63 bits per heavy atom. The molecular weight excluding hydrogens is 536 g/mol. The van der Waals surface area contributed by atoms with E-state index in [1.807, 2.05) is 72.9 Å². The third-order valence-corrected chi connectivity index (χ3v) is 7.29. The van der Waals surface area contributed by atoms with Gasteiger partial charge in [-0.15, -0.1) is 0 Å². The Balaban J connectivity index is 1.45. The fourth-order valence-electron chi connectivity index (χ4n) is 4.74. The molecule has 0 unspecified atom stereocenters. The molecule has 0 bridgehead atoms. The van der Waals surface area contributed by atoms with Crippen LogP contribution in [0.2, 0.25) is 0 Å². The maximum Gasteiger partial charge on any atom is 0.252 e. The lowest BCUT2D eigenvalue weighted by Crippen LogP contribution is -2.23. The molecule has 2 aromatic heterocycles. The van der Waals surface area contributed by atoms with E-state index < -0.39 is 0 Å². The number of amides is 1. The van der Waals surface area contributed by atoms with E-state index in [9.17, 15) is 4.79 Å². The van der Waals surface area contributed by atoms with Gasteiger partial charge in [-0.1, -0.05) is 76.6 Å². The normalized spacial score (nSPS) is 11.2. The molecule has 0 spiro atoms. The van der Waals surface area contributed by atoms with Crippen molar-refractivity contribution in [3.05, 3.63) is 124 Å². The number of aromatic amines is 1. The number of aromatic nitrogens is 2. The zero-order chi connectivity index (χ0) is 26.1. The van der Waals surface area contributed by atoms with Crippen molar-refractivity contribution in [1.29, 1.82) is 0 Å². The number of nitrogens with zero attached hydrogens (tertiary/aromatic N) is 1. The van der Waals surface area contributed by atoms with Gasteiger partial charge in [0.15, 0.2) is 0 Å². The number of H-pyrrole nitrogens is 1. The van der Waals surface area contributed by atoms with E-state index in [1.54, 1.807) is 0 Å². The highest BCUT2D eigenvalue weighted by Crippen LogP contribution is 2.33. The van der Waals surface area contributed by atoms with Crippen molar-refractivity contribution in [3.8, 4) is 22.4 Å². The topological polar surface area (TPSA) is 83.8 Å². The van der Waals surface area contributed by atoms with Gasteiger partial charge in [0.1, 0.15) is 0 Å². The van der Waals surface area contributed by atoms with Gasteiger partial charge < -0.3 is 16.0 Å². The van der Waals surface area contributed by atoms with Crippen molar-refractivity contribution in [2.45, 2.75) is 13.1 Å². The van der Waals surface area contributed by atoms with Crippen molar-refractivity contribution < 1.29 is 4.79 Å². The fourth-order valence-corrected chi connectivity index (χ4v) is 5.10. The minimum Gasteiger partial charge on any atom is -0.360 e. The van der Waals surface area contributed by atoms with Gasteiger partial charge in [0, 0.05) is 45.6 Å². The number of benzene rings is 4. The zero-order valence-corrected chi connectivity index (χ0v) is 22.1. The van der Waals surface area contributed by atoms with Crippen LogP contribution in [0.1, 0.15) is 21.5 Å². The minimum atomic E-state index is -0.146. The van der Waals surface area contributed by atoms with E-state index in [-0.39, 0.29) is 5.91 Å². The summed E-state index contributed by atoms with van der Waals surface area (Å²) in [6.45, 7) is 0.911. The second-order valence-electron chi connectivity index (χ2n) is 9.25. The summed E-state index contributed by atoms with van der Waals surface area (Å²) in [6.07, 6.45) is 1.95. The maximum absolute atomic E-state index is 13.7. The van der Waals surface area contributed by atoms with E-state index in [0.717, 1.165) is 59.8 Å². The number of carbonyl (C=O) groups is 1. The molecular formula is C32H25BrN4O. The van der Waals surface area contributed by atoms with Crippen LogP contribution in [-0.2, 0) is 13.1 Å². The van der Waals surface area contributed by atoms with Gasteiger partial charge in [-0.3, -0.25) is 4.79 Å². The molecule has 0 radical (unpaired) electrons. The third kappa shape index (κ3) is 4.72. The van der Waals surface area contributed by atoms with E-state index in [4.69, 9.17) is 10.7 Å². The molecule has 0 saturated carbocycles. The first-order valence-electron chi connectivity index (χ1n) is 12.4. The van der Waals surface area contributed by atoms with E-state index >= 15 is 0 Å². The average Bonchev–Trinajstić information content (AvgIpc) is 3.39. The number of fused-ring (bicyclic) bond motifs is 2. The molecule has 38 heavy (non-hydrogen) atoms. The summed E-state index contributed by atoms with van der Waals surface area (Å²) in [5.74, 6) is -0.146. The first-order chi connectivity index (χ1) is 18.6. The number of nitrogens with two attached hydrogens (primary N) is 1. The summed E-state index contributed by atoms with van der Waals surface area (Å²) in [4.78, 5) is 22.0. The molecule has 6 aromatic rings. The van der Waals surface area contributed by atoms with Crippen LogP contribution in [0.5, 0.6) is 0 Å². The van der Waals surface area contributed by atoms with Gasteiger partial charge >= 0.3 is 0 Å². The molecule has 0 fully saturated rings. The molecule has 5 nitrogen and oxygen atoms in total. The van der Waals surface area contributed by atoms with Crippen LogP contribution >= 0.6 is 15.9 Å². The molecule has 6 rings (SSSR count). The second kappa shape index (κ2) is 10.2. The molecule has 186 valence electrons. The van der Waals surface area contributed by atoms with Crippen molar-refractivity contribution in [1.82, 2.24) is 15.3 Å². The lowest BCUT2D eigenvalue weighted by molar-refractivity contribution is 0.0952. The molecule has 0 atom stereocenters. The first-order valence-corrected chi connectivity index (χ1v) is 13.2. The SMILES string of the molecule is NCc1ccc(CNC(=O)c2cc(-c3c[nH]c4ccc(Br)cc34)nc3ccc(-c4ccccc4)cc23)cc1. The van der Waals surface area contributed by atoms with Crippen molar-refractivity contribution in [2.75, 3.05) is 0 Å². The summed E-state index contributed by atoms with van der Waals surface area (Å²) in [5, 5.41) is 4.96. The molecule has 2 heterocycles. The van der Waals surface area contributed by atoms with Crippen LogP contribution in [0, 0.1) is 0 Å². The van der Waals surface area contributed by atoms with Crippen molar-refractivity contribution in [3.63, 3.8) is 0 Å². The van der Waals surface area contributed by atoms with Gasteiger partial charge in [0.25, 0.3) is 5.91 Å². The molecule has 6 heteroatoms. The standard InChI is InChI=1S/C32H25BrN4O/c33-24-11-13-29-26(15-24)28(19-35-29)31-16-27(32(38)36-18-21-8-6-20(17-34)7-9-21)25-14-23(10-12-30(25)37-31)22-4-2-1-3-5-22/h1-16,19,35H,17-18,34H2,(H,36,38). The monoisotopic (exact) mass is 560 g/mol. The predicted molar refractivity (Wildman–Crippen MR) is 158 cm³/mol. The van der Waals surface area contributed by atoms with Gasteiger partial charge in [-0.05, 0) is 58.7 Å². The first kappa shape index (κ1) is 24.1.